The maximum atomic E-state index is 12.5. The molecule has 1 aromatic rings. The Morgan fingerprint density at radius 3 is 2.90 bits per heavy atom. The number of hydrogen-bond donors (Lipinski definition) is 2. The summed E-state index contributed by atoms with van der Waals surface area (Å²) in [6.07, 6.45) is 0.251. The molecule has 0 fully saturated rings. The van der Waals surface area contributed by atoms with Gasteiger partial charge in [-0.3, -0.25) is 10.6 Å². The molecule has 3 N–H and O–H groups in total. The minimum atomic E-state index is -0.243. The van der Waals surface area contributed by atoms with Crippen LogP contribution in [0.2, 0.25) is 5.02 Å². The van der Waals surface area contributed by atoms with Crippen molar-refractivity contribution in [3.8, 4) is 6.07 Å². The predicted molar refractivity (Wildman–Crippen MR) is 77.3 cm³/mol. The van der Waals surface area contributed by atoms with E-state index in [0.717, 1.165) is 0 Å². The van der Waals surface area contributed by atoms with Gasteiger partial charge in [-0.05, 0) is 18.2 Å². The van der Waals surface area contributed by atoms with Crippen molar-refractivity contribution in [2.24, 2.45) is 5.84 Å². The van der Waals surface area contributed by atoms with E-state index in [1.807, 2.05) is 6.07 Å². The first-order valence-electron chi connectivity index (χ1n) is 6.05. The van der Waals surface area contributed by atoms with Gasteiger partial charge in [-0.25, -0.2) is 0 Å². The van der Waals surface area contributed by atoms with E-state index in [0.29, 0.717) is 36.0 Å². The first kappa shape index (κ1) is 16.2. The quantitative estimate of drug-likeness (QED) is 0.589. The zero-order valence-corrected chi connectivity index (χ0v) is 12.0. The van der Waals surface area contributed by atoms with E-state index >= 15 is 0 Å². The standard InChI is InChI=1S/C13H17ClN4O2/c1-20-8-7-18(6-2-5-15)13(19)11-9-10(14)3-4-12(11)17-16/h3-4,9,17H,2,6-8,16H2,1H3. The van der Waals surface area contributed by atoms with E-state index in [2.05, 4.69) is 5.43 Å². The van der Waals surface area contributed by atoms with E-state index in [9.17, 15) is 4.79 Å². The van der Waals surface area contributed by atoms with Gasteiger partial charge in [0, 0.05) is 25.2 Å². The van der Waals surface area contributed by atoms with Gasteiger partial charge in [0.25, 0.3) is 5.91 Å². The van der Waals surface area contributed by atoms with Crippen LogP contribution >= 0.6 is 11.6 Å². The average molecular weight is 297 g/mol. The number of methoxy groups -OCH3 is 1. The summed E-state index contributed by atoms with van der Waals surface area (Å²) in [6.45, 7) is 1.12. The second kappa shape index (κ2) is 8.38. The maximum absolute atomic E-state index is 12.5. The number of nitrogen functional groups attached to an aromatic ring is 1. The van der Waals surface area contributed by atoms with Gasteiger partial charge in [0.2, 0.25) is 0 Å². The molecule has 0 aromatic heterocycles. The zero-order chi connectivity index (χ0) is 15.0. The van der Waals surface area contributed by atoms with Crippen molar-refractivity contribution in [1.29, 1.82) is 5.26 Å². The second-order valence-electron chi connectivity index (χ2n) is 4.03. The number of anilines is 1. The van der Waals surface area contributed by atoms with E-state index < -0.39 is 0 Å². The first-order valence-corrected chi connectivity index (χ1v) is 6.43. The molecule has 0 spiro atoms. The fourth-order valence-corrected chi connectivity index (χ4v) is 1.86. The Balaban J connectivity index is 2.98. The number of carbonyl (C=O) groups is 1. The summed E-state index contributed by atoms with van der Waals surface area (Å²) in [6, 6.07) is 6.84. The van der Waals surface area contributed by atoms with Gasteiger partial charge in [0.1, 0.15) is 0 Å². The lowest BCUT2D eigenvalue weighted by Crippen LogP contribution is -2.35. The molecule has 0 aliphatic carbocycles. The molecule has 1 rings (SSSR count). The number of rotatable bonds is 7. The number of nitrogens with two attached hydrogens (primary N) is 1. The van der Waals surface area contributed by atoms with Gasteiger partial charge in [-0.1, -0.05) is 11.6 Å². The summed E-state index contributed by atoms with van der Waals surface area (Å²) in [7, 11) is 1.55. The molecular formula is C13H17ClN4O2. The van der Waals surface area contributed by atoms with Crippen LogP contribution in [0, 0.1) is 11.3 Å². The van der Waals surface area contributed by atoms with E-state index in [4.69, 9.17) is 27.4 Å². The number of amides is 1. The summed E-state index contributed by atoms with van der Waals surface area (Å²) in [4.78, 5) is 14.0. The molecule has 0 saturated carbocycles. The maximum Gasteiger partial charge on any atom is 0.256 e. The molecule has 0 heterocycles. The summed E-state index contributed by atoms with van der Waals surface area (Å²) in [5.74, 6) is 5.16. The fourth-order valence-electron chi connectivity index (χ4n) is 1.69. The van der Waals surface area contributed by atoms with Gasteiger partial charge < -0.3 is 15.1 Å². The Morgan fingerprint density at radius 1 is 1.55 bits per heavy atom. The number of ether oxygens (including phenoxy) is 1. The van der Waals surface area contributed by atoms with E-state index in [1.54, 1.807) is 30.2 Å². The van der Waals surface area contributed by atoms with Gasteiger partial charge in [0.05, 0.1) is 30.3 Å². The third-order valence-electron chi connectivity index (χ3n) is 2.71. The lowest BCUT2D eigenvalue weighted by molar-refractivity contribution is 0.0701. The number of hydrogen-bond acceptors (Lipinski definition) is 5. The van der Waals surface area contributed by atoms with Crippen molar-refractivity contribution in [3.63, 3.8) is 0 Å². The van der Waals surface area contributed by atoms with Crippen LogP contribution in [0.3, 0.4) is 0 Å². The molecule has 0 aliphatic heterocycles. The number of carbonyl (C=O) groups excluding carboxylic acids is 1. The van der Waals surface area contributed by atoms with Crippen molar-refractivity contribution in [2.75, 3.05) is 32.2 Å². The minimum absolute atomic E-state index is 0.243. The van der Waals surface area contributed by atoms with E-state index in [1.165, 1.54) is 0 Å². The highest BCUT2D eigenvalue weighted by Crippen LogP contribution is 2.21. The third-order valence-corrected chi connectivity index (χ3v) is 2.95. The van der Waals surface area contributed by atoms with Crippen molar-refractivity contribution in [3.05, 3.63) is 28.8 Å². The van der Waals surface area contributed by atoms with Crippen molar-refractivity contribution < 1.29 is 9.53 Å². The number of halogens is 1. The van der Waals surface area contributed by atoms with Crippen LogP contribution in [0.1, 0.15) is 16.8 Å². The van der Waals surface area contributed by atoms with Gasteiger partial charge in [0.15, 0.2) is 0 Å². The highest BCUT2D eigenvalue weighted by molar-refractivity contribution is 6.31. The lowest BCUT2D eigenvalue weighted by atomic mass is 10.1. The Morgan fingerprint density at radius 2 is 2.30 bits per heavy atom. The Hall–Kier alpha value is -1.81. The first-order chi connectivity index (χ1) is 9.63. The summed E-state index contributed by atoms with van der Waals surface area (Å²) in [5, 5.41) is 9.11. The minimum Gasteiger partial charge on any atom is -0.383 e. The lowest BCUT2D eigenvalue weighted by Gasteiger charge is -2.22. The van der Waals surface area contributed by atoms with Crippen molar-refractivity contribution >= 4 is 23.2 Å². The molecule has 1 amide bonds. The van der Waals surface area contributed by atoms with Crippen molar-refractivity contribution in [1.82, 2.24) is 4.90 Å². The van der Waals surface area contributed by atoms with Crippen LogP contribution in [-0.4, -0.2) is 37.6 Å². The van der Waals surface area contributed by atoms with Crippen LogP contribution in [0.5, 0.6) is 0 Å². The SMILES string of the molecule is COCCN(CCC#N)C(=O)c1cc(Cl)ccc1NN. The molecule has 0 saturated heterocycles. The Labute approximate surface area is 123 Å². The highest BCUT2D eigenvalue weighted by Gasteiger charge is 2.18. The smallest absolute Gasteiger partial charge is 0.256 e. The van der Waals surface area contributed by atoms with Crippen molar-refractivity contribution in [2.45, 2.75) is 6.42 Å². The topological polar surface area (TPSA) is 91.4 Å². The molecule has 0 atom stereocenters. The van der Waals surface area contributed by atoms with Crippen LogP contribution in [0.4, 0.5) is 5.69 Å². The van der Waals surface area contributed by atoms with Gasteiger partial charge >= 0.3 is 0 Å². The average Bonchev–Trinajstić information content (AvgIpc) is 2.46. The molecule has 0 radical (unpaired) electrons. The molecule has 7 heteroatoms. The number of benzene rings is 1. The molecule has 108 valence electrons. The number of nitriles is 1. The van der Waals surface area contributed by atoms with Gasteiger partial charge in [-0.15, -0.1) is 0 Å². The number of nitrogens with zero attached hydrogens (tertiary/aromatic N) is 2. The normalized spacial score (nSPS) is 9.90. The monoisotopic (exact) mass is 296 g/mol. The van der Waals surface area contributed by atoms with Crippen LogP contribution in [0.25, 0.3) is 0 Å². The molecule has 1 aromatic carbocycles. The van der Waals surface area contributed by atoms with Crippen LogP contribution < -0.4 is 11.3 Å². The second-order valence-corrected chi connectivity index (χ2v) is 4.46. The summed E-state index contributed by atoms with van der Waals surface area (Å²) < 4.78 is 4.98. The molecule has 6 nitrogen and oxygen atoms in total. The molecule has 20 heavy (non-hydrogen) atoms. The largest absolute Gasteiger partial charge is 0.383 e. The molecular weight excluding hydrogens is 280 g/mol. The summed E-state index contributed by atoms with van der Waals surface area (Å²) in [5.41, 5.74) is 3.32. The zero-order valence-electron chi connectivity index (χ0n) is 11.2. The Kier molecular flexibility index (Phi) is 6.81. The number of nitrogens with one attached hydrogen (secondary N) is 1. The summed E-state index contributed by atoms with van der Waals surface area (Å²) >= 11 is 5.91. The molecule has 0 unspecified atom stereocenters. The van der Waals surface area contributed by atoms with E-state index in [-0.39, 0.29) is 12.3 Å². The molecule has 0 bridgehead atoms. The van der Waals surface area contributed by atoms with Crippen LogP contribution in [-0.2, 0) is 4.74 Å². The predicted octanol–water partition coefficient (Wildman–Crippen LogP) is 1.63. The number of hydrazine groups is 1. The Bertz CT molecular complexity index is 502. The molecule has 0 aliphatic rings. The van der Waals surface area contributed by atoms with Gasteiger partial charge in [-0.2, -0.15) is 5.26 Å². The van der Waals surface area contributed by atoms with Crippen LogP contribution in [0.15, 0.2) is 18.2 Å². The highest BCUT2D eigenvalue weighted by atomic mass is 35.5. The fraction of sp³-hybridized carbons (Fsp3) is 0.385. The third kappa shape index (κ3) is 4.38.